The van der Waals surface area contributed by atoms with Gasteiger partial charge in [-0.25, -0.2) is 0 Å². The van der Waals surface area contributed by atoms with Crippen molar-refractivity contribution < 1.29 is 19.2 Å². The lowest BCUT2D eigenvalue weighted by atomic mass is 9.94. The zero-order valence-electron chi connectivity index (χ0n) is 13.6. The summed E-state index contributed by atoms with van der Waals surface area (Å²) in [7, 11) is 1.33. The normalized spacial score (nSPS) is 11.0. The molecule has 3 N–H and O–H groups in total. The van der Waals surface area contributed by atoms with Crippen molar-refractivity contribution in [1.29, 1.82) is 0 Å². The molecule has 0 radical (unpaired) electrons. The summed E-state index contributed by atoms with van der Waals surface area (Å²) in [5, 5.41) is 13.5. The second kappa shape index (κ2) is 8.33. The van der Waals surface area contributed by atoms with E-state index < -0.39 is 10.5 Å². The van der Waals surface area contributed by atoms with Crippen LogP contribution < -0.4 is 20.5 Å². The number of methoxy groups -OCH3 is 1. The van der Waals surface area contributed by atoms with Gasteiger partial charge in [0.1, 0.15) is 5.75 Å². The molecular weight excluding hydrogens is 302 g/mol. The minimum absolute atomic E-state index is 0.0749. The first kappa shape index (κ1) is 18.7. The van der Waals surface area contributed by atoms with Crippen molar-refractivity contribution in [1.82, 2.24) is 5.32 Å². The molecule has 0 atom stereocenters. The van der Waals surface area contributed by atoms with Gasteiger partial charge in [0.15, 0.2) is 6.61 Å². The Morgan fingerprint density at radius 3 is 2.57 bits per heavy atom. The Morgan fingerprint density at radius 1 is 1.39 bits per heavy atom. The molecule has 0 saturated carbocycles. The van der Waals surface area contributed by atoms with Crippen LogP contribution in [0.25, 0.3) is 0 Å². The standard InChI is InChI=1S/C15H23N3O5/c1-4-15(16,5-2)10-17-14(19)9-23-11-6-7-12(18(20)21)13(8-11)22-3/h6-8H,4-5,9-10,16H2,1-3H3,(H,17,19). The van der Waals surface area contributed by atoms with Gasteiger partial charge in [-0.05, 0) is 18.9 Å². The third-order valence-electron chi connectivity index (χ3n) is 3.76. The minimum Gasteiger partial charge on any atom is -0.490 e. The van der Waals surface area contributed by atoms with Gasteiger partial charge < -0.3 is 20.5 Å². The van der Waals surface area contributed by atoms with E-state index >= 15 is 0 Å². The van der Waals surface area contributed by atoms with Crippen molar-refractivity contribution in [2.45, 2.75) is 32.2 Å². The van der Waals surface area contributed by atoms with Gasteiger partial charge in [0, 0.05) is 24.2 Å². The Bertz CT molecular complexity index is 558. The van der Waals surface area contributed by atoms with Gasteiger partial charge in [-0.3, -0.25) is 14.9 Å². The van der Waals surface area contributed by atoms with E-state index in [0.29, 0.717) is 12.3 Å². The maximum Gasteiger partial charge on any atom is 0.311 e. The van der Waals surface area contributed by atoms with Gasteiger partial charge >= 0.3 is 5.69 Å². The van der Waals surface area contributed by atoms with Gasteiger partial charge in [0.2, 0.25) is 5.75 Å². The number of amides is 1. The summed E-state index contributed by atoms with van der Waals surface area (Å²) in [6.45, 7) is 4.10. The molecule has 0 unspecified atom stereocenters. The number of hydrogen-bond acceptors (Lipinski definition) is 6. The van der Waals surface area contributed by atoms with Crippen LogP contribution in [-0.2, 0) is 4.79 Å². The van der Waals surface area contributed by atoms with Gasteiger partial charge in [-0.2, -0.15) is 0 Å². The van der Waals surface area contributed by atoms with Crippen LogP contribution in [0.3, 0.4) is 0 Å². The molecule has 1 aromatic rings. The second-order valence-corrected chi connectivity index (χ2v) is 5.23. The molecule has 0 heterocycles. The first-order chi connectivity index (χ1) is 10.8. The highest BCUT2D eigenvalue weighted by Crippen LogP contribution is 2.30. The van der Waals surface area contributed by atoms with E-state index in [1.165, 1.54) is 25.3 Å². The van der Waals surface area contributed by atoms with Gasteiger partial charge in [0.05, 0.1) is 12.0 Å². The molecular formula is C15H23N3O5. The van der Waals surface area contributed by atoms with Crippen molar-refractivity contribution in [3.63, 3.8) is 0 Å². The molecule has 0 aromatic heterocycles. The first-order valence-electron chi connectivity index (χ1n) is 7.36. The lowest BCUT2D eigenvalue weighted by molar-refractivity contribution is -0.385. The maximum absolute atomic E-state index is 11.8. The highest BCUT2D eigenvalue weighted by molar-refractivity contribution is 5.77. The monoisotopic (exact) mass is 325 g/mol. The van der Waals surface area contributed by atoms with E-state index in [1.54, 1.807) is 0 Å². The number of nitro benzene ring substituents is 1. The van der Waals surface area contributed by atoms with Crippen LogP contribution in [0.15, 0.2) is 18.2 Å². The summed E-state index contributed by atoms with van der Waals surface area (Å²) in [4.78, 5) is 22.0. The van der Waals surface area contributed by atoms with Gasteiger partial charge in [-0.1, -0.05) is 13.8 Å². The average molecular weight is 325 g/mol. The Balaban J connectivity index is 2.58. The first-order valence-corrected chi connectivity index (χ1v) is 7.36. The number of nitrogens with one attached hydrogen (secondary N) is 1. The molecule has 8 nitrogen and oxygen atoms in total. The zero-order valence-corrected chi connectivity index (χ0v) is 13.6. The molecule has 0 fully saturated rings. The highest BCUT2D eigenvalue weighted by Gasteiger charge is 2.21. The Labute approximate surface area is 135 Å². The molecule has 1 rings (SSSR count). The van der Waals surface area contributed by atoms with E-state index in [9.17, 15) is 14.9 Å². The van der Waals surface area contributed by atoms with E-state index in [2.05, 4.69) is 5.32 Å². The molecule has 0 saturated heterocycles. The molecule has 0 bridgehead atoms. The fourth-order valence-electron chi connectivity index (χ4n) is 1.87. The number of benzene rings is 1. The third kappa shape index (κ3) is 5.41. The summed E-state index contributed by atoms with van der Waals surface area (Å²) in [5.41, 5.74) is 5.51. The smallest absolute Gasteiger partial charge is 0.311 e. The van der Waals surface area contributed by atoms with Crippen LogP contribution in [0.4, 0.5) is 5.69 Å². The molecule has 0 aliphatic carbocycles. The molecule has 128 valence electrons. The van der Waals surface area contributed by atoms with Crippen LogP contribution in [-0.4, -0.2) is 36.6 Å². The quantitative estimate of drug-likeness (QED) is 0.526. The third-order valence-corrected chi connectivity index (χ3v) is 3.76. The molecule has 23 heavy (non-hydrogen) atoms. The lowest BCUT2D eigenvalue weighted by Gasteiger charge is -2.26. The van der Waals surface area contributed by atoms with Gasteiger partial charge in [0.25, 0.3) is 5.91 Å². The summed E-state index contributed by atoms with van der Waals surface area (Å²) in [5.74, 6) is 0.0810. The SMILES string of the molecule is CCC(N)(CC)CNC(=O)COc1ccc([N+](=O)[O-])c(OC)c1. The van der Waals surface area contributed by atoms with Crippen molar-refractivity contribution in [3.8, 4) is 11.5 Å². The number of nitro groups is 1. The van der Waals surface area contributed by atoms with Crippen molar-refractivity contribution in [3.05, 3.63) is 28.3 Å². The van der Waals surface area contributed by atoms with Crippen molar-refractivity contribution >= 4 is 11.6 Å². The van der Waals surface area contributed by atoms with Crippen LogP contribution in [0, 0.1) is 10.1 Å². The largest absolute Gasteiger partial charge is 0.490 e. The molecule has 0 aliphatic heterocycles. The lowest BCUT2D eigenvalue weighted by Crippen LogP contribution is -2.50. The number of hydrogen-bond donors (Lipinski definition) is 2. The summed E-state index contributed by atoms with van der Waals surface area (Å²) in [6.07, 6.45) is 1.51. The predicted octanol–water partition coefficient (Wildman–Crippen LogP) is 1.62. The minimum atomic E-state index is -0.550. The number of nitrogens with two attached hydrogens (primary N) is 1. The average Bonchev–Trinajstić information content (AvgIpc) is 2.57. The molecule has 1 amide bonds. The van der Waals surface area contributed by atoms with Crippen molar-refractivity contribution in [2.75, 3.05) is 20.3 Å². The fraction of sp³-hybridized carbons (Fsp3) is 0.533. The van der Waals surface area contributed by atoms with E-state index in [0.717, 1.165) is 12.8 Å². The van der Waals surface area contributed by atoms with Crippen LogP contribution in [0.2, 0.25) is 0 Å². The van der Waals surface area contributed by atoms with E-state index in [4.69, 9.17) is 15.2 Å². The van der Waals surface area contributed by atoms with Crippen LogP contribution in [0.1, 0.15) is 26.7 Å². The summed E-state index contributed by atoms with van der Waals surface area (Å²) in [6, 6.07) is 4.06. The summed E-state index contributed by atoms with van der Waals surface area (Å²) < 4.78 is 10.3. The highest BCUT2D eigenvalue weighted by atomic mass is 16.6. The fourth-order valence-corrected chi connectivity index (χ4v) is 1.87. The maximum atomic E-state index is 11.8. The van der Waals surface area contributed by atoms with Crippen LogP contribution in [0.5, 0.6) is 11.5 Å². The molecule has 8 heteroatoms. The van der Waals surface area contributed by atoms with E-state index in [-0.39, 0.29) is 24.0 Å². The number of ether oxygens (including phenoxy) is 2. The molecule has 0 aliphatic rings. The molecule has 1 aromatic carbocycles. The van der Waals surface area contributed by atoms with Crippen molar-refractivity contribution in [2.24, 2.45) is 5.73 Å². The van der Waals surface area contributed by atoms with Crippen LogP contribution >= 0.6 is 0 Å². The number of rotatable bonds is 9. The Hall–Kier alpha value is -2.35. The number of carbonyl (C=O) groups is 1. The number of carbonyl (C=O) groups excluding carboxylic acids is 1. The Kier molecular flexibility index (Phi) is 6.77. The second-order valence-electron chi connectivity index (χ2n) is 5.23. The van der Waals surface area contributed by atoms with E-state index in [1.807, 2.05) is 13.8 Å². The zero-order chi connectivity index (χ0) is 17.5. The summed E-state index contributed by atoms with van der Waals surface area (Å²) >= 11 is 0. The van der Waals surface area contributed by atoms with Gasteiger partial charge in [-0.15, -0.1) is 0 Å². The number of nitrogens with zero attached hydrogens (tertiary/aromatic N) is 1. The molecule has 0 spiro atoms. The predicted molar refractivity (Wildman–Crippen MR) is 85.7 cm³/mol. The Morgan fingerprint density at radius 2 is 2.04 bits per heavy atom. The topological polar surface area (TPSA) is 117 Å².